The third-order valence-corrected chi connectivity index (χ3v) is 5.52. The summed E-state index contributed by atoms with van der Waals surface area (Å²) in [6, 6.07) is 1.14. The molecule has 0 saturated heterocycles. The highest BCUT2D eigenvalue weighted by Crippen LogP contribution is 2.30. The van der Waals surface area contributed by atoms with Crippen LogP contribution in [-0.4, -0.2) is 20.9 Å². The van der Waals surface area contributed by atoms with E-state index in [1.54, 1.807) is 0 Å². The second-order valence-electron chi connectivity index (χ2n) is 5.17. The van der Waals surface area contributed by atoms with Gasteiger partial charge in [-0.2, -0.15) is 0 Å². The lowest BCUT2D eigenvalue weighted by Gasteiger charge is -2.40. The smallest absolute Gasteiger partial charge is 0.0814 e. The van der Waals surface area contributed by atoms with Crippen molar-refractivity contribution in [3.8, 4) is 0 Å². The minimum Gasteiger partial charge on any atom is -0.315 e. The normalized spacial score (nSPS) is 27.1. The van der Waals surface area contributed by atoms with Crippen molar-refractivity contribution in [2.75, 3.05) is 0 Å². The first kappa shape index (κ1) is 12.9. The zero-order chi connectivity index (χ0) is 11.4. The molecular formula is C12H23NOS2. The Bertz CT molecular complexity index is 217. The second kappa shape index (κ2) is 6.43. The van der Waals surface area contributed by atoms with Gasteiger partial charge in [0.2, 0.25) is 0 Å². The van der Waals surface area contributed by atoms with Crippen LogP contribution in [0.25, 0.3) is 0 Å². The lowest BCUT2D eigenvalue weighted by Crippen LogP contribution is -2.45. The highest BCUT2D eigenvalue weighted by atomic mass is 32.8. The van der Waals surface area contributed by atoms with E-state index in [1.165, 1.54) is 64.2 Å². The van der Waals surface area contributed by atoms with Gasteiger partial charge in [-0.3, -0.25) is 0 Å². The average Bonchev–Trinajstić information content (AvgIpc) is 2.31. The Labute approximate surface area is 106 Å². The number of rotatable bonds is 3. The van der Waals surface area contributed by atoms with Gasteiger partial charge in [-0.25, -0.2) is 4.31 Å². The fraction of sp³-hybridized carbons (Fsp3) is 1.00. The maximum absolute atomic E-state index is 9.89. The summed E-state index contributed by atoms with van der Waals surface area (Å²) in [5.41, 5.74) is 0. The average molecular weight is 261 g/mol. The highest BCUT2D eigenvalue weighted by molar-refractivity contribution is 8.24. The molecule has 0 heterocycles. The molecule has 2 fully saturated rings. The van der Waals surface area contributed by atoms with E-state index >= 15 is 0 Å². The van der Waals surface area contributed by atoms with Crippen molar-refractivity contribution in [1.29, 1.82) is 0 Å². The van der Waals surface area contributed by atoms with Crippen LogP contribution in [0, 0.1) is 0 Å². The Morgan fingerprint density at radius 1 is 0.812 bits per heavy atom. The van der Waals surface area contributed by atoms with Crippen molar-refractivity contribution in [2.24, 2.45) is 0 Å². The van der Waals surface area contributed by atoms with E-state index in [9.17, 15) is 4.55 Å². The van der Waals surface area contributed by atoms with Crippen LogP contribution in [0.3, 0.4) is 0 Å². The van der Waals surface area contributed by atoms with Crippen molar-refractivity contribution < 1.29 is 4.55 Å². The minimum atomic E-state index is -0.932. The first-order chi connectivity index (χ1) is 7.79. The van der Waals surface area contributed by atoms with E-state index in [0.717, 1.165) is 0 Å². The molecule has 0 aromatic carbocycles. The summed E-state index contributed by atoms with van der Waals surface area (Å²) in [5, 5.41) is 0. The molecule has 2 nitrogen and oxygen atoms in total. The van der Waals surface area contributed by atoms with Gasteiger partial charge in [-0.05, 0) is 36.9 Å². The summed E-state index contributed by atoms with van der Waals surface area (Å²) in [4.78, 5) is 0. The van der Waals surface area contributed by atoms with E-state index in [1.807, 2.05) is 0 Å². The van der Waals surface area contributed by atoms with E-state index in [-0.39, 0.29) is 0 Å². The van der Waals surface area contributed by atoms with Gasteiger partial charge in [-0.1, -0.05) is 38.5 Å². The molecule has 16 heavy (non-hydrogen) atoms. The summed E-state index contributed by atoms with van der Waals surface area (Å²) in [5.74, 6) is 0. The third-order valence-electron chi connectivity index (χ3n) is 4.05. The van der Waals surface area contributed by atoms with Gasteiger partial charge in [0.1, 0.15) is 0 Å². The molecule has 0 bridgehead atoms. The lowest BCUT2D eigenvalue weighted by molar-refractivity contribution is 0.175. The van der Waals surface area contributed by atoms with Crippen LogP contribution < -0.4 is 0 Å². The van der Waals surface area contributed by atoms with Crippen LogP contribution in [0.1, 0.15) is 64.2 Å². The summed E-state index contributed by atoms with van der Waals surface area (Å²) in [6.45, 7) is 0. The molecule has 0 aromatic rings. The Morgan fingerprint density at radius 3 is 1.50 bits per heavy atom. The van der Waals surface area contributed by atoms with Crippen LogP contribution in [0.15, 0.2) is 0 Å². The van der Waals surface area contributed by atoms with Crippen molar-refractivity contribution in [2.45, 2.75) is 76.3 Å². The monoisotopic (exact) mass is 261 g/mol. The zero-order valence-electron chi connectivity index (χ0n) is 9.94. The van der Waals surface area contributed by atoms with Crippen molar-refractivity contribution in [3.05, 3.63) is 0 Å². The van der Waals surface area contributed by atoms with Crippen LogP contribution >= 0.6 is 0 Å². The first-order valence-electron chi connectivity index (χ1n) is 6.68. The largest absolute Gasteiger partial charge is 0.315 e. The molecular weight excluding hydrogens is 238 g/mol. The molecule has 1 N–H and O–H groups in total. The van der Waals surface area contributed by atoms with Crippen LogP contribution in [0.2, 0.25) is 0 Å². The van der Waals surface area contributed by atoms with Gasteiger partial charge in [0.25, 0.3) is 0 Å². The molecule has 0 spiro atoms. The highest BCUT2D eigenvalue weighted by Gasteiger charge is 2.30. The third kappa shape index (κ3) is 3.25. The SMILES string of the molecule is OS(=S)N(C1CCCCC1)C1CCCCC1. The lowest BCUT2D eigenvalue weighted by atomic mass is 9.91. The standard InChI is InChI=1S/C12H23NOS2/c14-16(15)13(11-7-3-1-4-8-11)12-9-5-2-6-10-12/h11-12H,1-10H2,(H,14,15). The molecule has 2 saturated carbocycles. The van der Waals surface area contributed by atoms with E-state index in [4.69, 9.17) is 11.2 Å². The fourth-order valence-electron chi connectivity index (χ4n) is 3.22. The molecule has 2 aliphatic carbocycles. The molecule has 0 aromatic heterocycles. The molecule has 1 unspecified atom stereocenters. The Balaban J connectivity index is 1.99. The Kier molecular flexibility index (Phi) is 5.20. The zero-order valence-corrected chi connectivity index (χ0v) is 11.6. The maximum atomic E-state index is 9.89. The predicted molar refractivity (Wildman–Crippen MR) is 72.9 cm³/mol. The van der Waals surface area contributed by atoms with E-state index < -0.39 is 9.92 Å². The van der Waals surface area contributed by atoms with Crippen molar-refractivity contribution >= 4 is 21.1 Å². The summed E-state index contributed by atoms with van der Waals surface area (Å²) < 4.78 is 12.2. The topological polar surface area (TPSA) is 23.5 Å². The van der Waals surface area contributed by atoms with Gasteiger partial charge in [-0.15, -0.1) is 0 Å². The summed E-state index contributed by atoms with van der Waals surface area (Å²) in [6.07, 6.45) is 13.0. The van der Waals surface area contributed by atoms with Crippen molar-refractivity contribution in [3.63, 3.8) is 0 Å². The maximum Gasteiger partial charge on any atom is 0.0814 e. The van der Waals surface area contributed by atoms with Gasteiger partial charge >= 0.3 is 0 Å². The fourth-order valence-corrected chi connectivity index (χ4v) is 4.89. The summed E-state index contributed by atoms with van der Waals surface area (Å²) >= 11 is 5.17. The molecule has 0 aliphatic heterocycles. The van der Waals surface area contributed by atoms with Crippen LogP contribution in [0.4, 0.5) is 0 Å². The Morgan fingerprint density at radius 2 is 1.19 bits per heavy atom. The van der Waals surface area contributed by atoms with Crippen molar-refractivity contribution in [1.82, 2.24) is 4.31 Å². The molecule has 1 atom stereocenters. The second-order valence-corrected chi connectivity index (χ2v) is 6.95. The summed E-state index contributed by atoms with van der Waals surface area (Å²) in [7, 11) is -0.932. The molecule has 0 radical (unpaired) electrons. The Hall–Kier alpha value is 0.490. The van der Waals surface area contributed by atoms with Crippen LogP contribution in [-0.2, 0) is 21.1 Å². The number of hydrogen-bond donors (Lipinski definition) is 1. The quantitative estimate of drug-likeness (QED) is 0.842. The molecule has 2 rings (SSSR count). The van der Waals surface area contributed by atoms with Gasteiger partial charge < -0.3 is 4.55 Å². The molecule has 2 aliphatic rings. The van der Waals surface area contributed by atoms with Gasteiger partial charge in [0, 0.05) is 12.1 Å². The van der Waals surface area contributed by atoms with Crippen LogP contribution in [0.5, 0.6) is 0 Å². The minimum absolute atomic E-state index is 0.572. The number of nitrogens with zero attached hydrogens (tertiary/aromatic N) is 1. The van der Waals surface area contributed by atoms with Gasteiger partial charge in [0.05, 0.1) is 9.92 Å². The van der Waals surface area contributed by atoms with Gasteiger partial charge in [0.15, 0.2) is 0 Å². The van der Waals surface area contributed by atoms with E-state index in [0.29, 0.717) is 12.1 Å². The number of hydrogen-bond acceptors (Lipinski definition) is 1. The molecule has 4 heteroatoms. The first-order valence-corrected chi connectivity index (χ1v) is 8.74. The predicted octanol–water partition coefficient (Wildman–Crippen LogP) is 3.42. The molecule has 94 valence electrons. The molecule has 0 amide bonds. The van der Waals surface area contributed by atoms with E-state index in [2.05, 4.69) is 4.31 Å².